The van der Waals surface area contributed by atoms with Gasteiger partial charge in [0.25, 0.3) is 27.9 Å². The van der Waals surface area contributed by atoms with Crippen molar-refractivity contribution in [1.29, 1.82) is 0 Å². The Morgan fingerprint density at radius 3 is 1.52 bits per heavy atom. The maximum atomic E-state index is 6.61. The summed E-state index contributed by atoms with van der Waals surface area (Å²) in [7, 11) is -7.19. The van der Waals surface area contributed by atoms with Gasteiger partial charge in [0.1, 0.15) is 0 Å². The van der Waals surface area contributed by atoms with Crippen LogP contribution in [-0.2, 0) is 16.5 Å². The summed E-state index contributed by atoms with van der Waals surface area (Å²) in [6.45, 7) is 22.9. The molecular formula is C15H36O4Si4. The van der Waals surface area contributed by atoms with Gasteiger partial charge in [-0.05, 0) is 48.9 Å². The van der Waals surface area contributed by atoms with Gasteiger partial charge in [-0.2, -0.15) is 0 Å². The maximum absolute atomic E-state index is 6.61. The molecular weight excluding hydrogens is 357 g/mol. The van der Waals surface area contributed by atoms with E-state index in [9.17, 15) is 0 Å². The van der Waals surface area contributed by atoms with E-state index in [-0.39, 0.29) is 16.2 Å². The second-order valence-corrected chi connectivity index (χ2v) is 19.7. The molecule has 0 N–H and O–H groups in total. The largest absolute Gasteiger partial charge is 0.420 e. The van der Waals surface area contributed by atoms with Crippen molar-refractivity contribution in [2.45, 2.75) is 79.7 Å². The quantitative estimate of drug-likeness (QED) is 0.640. The highest BCUT2D eigenvalue weighted by Crippen LogP contribution is 2.78. The molecule has 23 heavy (non-hydrogen) atoms. The van der Waals surface area contributed by atoms with Crippen LogP contribution in [0.15, 0.2) is 0 Å². The fraction of sp³-hybridized carbons (Fsp3) is 1.00. The molecule has 3 unspecified atom stereocenters. The van der Waals surface area contributed by atoms with Gasteiger partial charge in [0.05, 0.1) is 0 Å². The summed E-state index contributed by atoms with van der Waals surface area (Å²) in [4.78, 5) is 0. The predicted octanol–water partition coefficient (Wildman–Crippen LogP) is 3.54. The Bertz CT molecular complexity index is 418. The van der Waals surface area contributed by atoms with E-state index in [0.717, 1.165) is 0 Å². The second-order valence-electron chi connectivity index (χ2n) is 9.45. The van der Waals surface area contributed by atoms with Crippen LogP contribution in [0.4, 0.5) is 0 Å². The first-order chi connectivity index (χ1) is 10.2. The lowest BCUT2D eigenvalue weighted by atomic mass is 9.63. The topological polar surface area (TPSA) is 36.9 Å². The molecule has 2 rings (SSSR count). The third-order valence-corrected chi connectivity index (χ3v) is 20.3. The van der Waals surface area contributed by atoms with Gasteiger partial charge in [-0.15, -0.1) is 0 Å². The zero-order chi connectivity index (χ0) is 17.8. The number of hydrogen-bond donors (Lipinski definition) is 0. The van der Waals surface area contributed by atoms with E-state index in [1.807, 2.05) is 0 Å². The van der Waals surface area contributed by atoms with Crippen molar-refractivity contribution >= 4 is 36.4 Å². The lowest BCUT2D eigenvalue weighted by molar-refractivity contribution is 0.0694. The molecule has 136 valence electrons. The van der Waals surface area contributed by atoms with Crippen molar-refractivity contribution < 1.29 is 16.5 Å². The van der Waals surface area contributed by atoms with Crippen molar-refractivity contribution in [1.82, 2.24) is 0 Å². The van der Waals surface area contributed by atoms with Gasteiger partial charge in [0.2, 0.25) is 0 Å². The molecule has 0 bridgehead atoms. The molecule has 1 saturated carbocycles. The van der Waals surface area contributed by atoms with E-state index in [4.69, 9.17) is 16.5 Å². The summed E-state index contributed by atoms with van der Waals surface area (Å²) in [6.07, 6.45) is 1.21. The molecule has 1 aliphatic carbocycles. The fourth-order valence-electron chi connectivity index (χ4n) is 5.16. The summed E-state index contributed by atoms with van der Waals surface area (Å²) < 4.78 is 25.4. The average Bonchev–Trinajstić information content (AvgIpc) is 3.00. The van der Waals surface area contributed by atoms with E-state index in [2.05, 4.69) is 67.7 Å². The second kappa shape index (κ2) is 6.15. The standard InChI is InChI=1S/C15H36O4Si4/c1-13(2,3)15(14(4,5)6)11-12(15)23(10)18-21(8)16-20(7)17-22(9)19-23/h12,20-22H,11H2,1-10H3. The van der Waals surface area contributed by atoms with Crippen molar-refractivity contribution in [3.63, 3.8) is 0 Å². The Kier molecular flexibility index (Phi) is 5.36. The third-order valence-electron chi connectivity index (χ3n) is 5.84. The minimum atomic E-state index is -2.30. The highest BCUT2D eigenvalue weighted by atomic mass is 28.5. The molecule has 3 atom stereocenters. The molecule has 0 radical (unpaired) electrons. The molecule has 1 saturated heterocycles. The monoisotopic (exact) mass is 392 g/mol. The lowest BCUT2D eigenvalue weighted by Gasteiger charge is -2.46. The van der Waals surface area contributed by atoms with Gasteiger partial charge < -0.3 is 16.5 Å². The van der Waals surface area contributed by atoms with Crippen LogP contribution in [0, 0.1) is 16.2 Å². The van der Waals surface area contributed by atoms with Crippen molar-refractivity contribution in [2.24, 2.45) is 16.2 Å². The SMILES string of the molecule is C[SiH]1O[SiH](C)O[Si](C)(C2CC2(C(C)(C)C)C(C)(C)C)O[SiH](C)O1. The smallest absolute Gasteiger partial charge is 0.320 e. The van der Waals surface area contributed by atoms with Gasteiger partial charge in [0.15, 0.2) is 0 Å². The summed E-state index contributed by atoms with van der Waals surface area (Å²) in [5.74, 6) is 0. The maximum Gasteiger partial charge on any atom is 0.320 e. The van der Waals surface area contributed by atoms with Gasteiger partial charge >= 0.3 is 8.56 Å². The van der Waals surface area contributed by atoms with Crippen LogP contribution in [-0.4, -0.2) is 36.4 Å². The molecule has 0 aromatic carbocycles. The molecule has 0 aromatic heterocycles. The van der Waals surface area contributed by atoms with E-state index in [0.29, 0.717) is 5.54 Å². The van der Waals surface area contributed by atoms with E-state index in [1.165, 1.54) is 6.42 Å². The van der Waals surface area contributed by atoms with E-state index < -0.39 is 36.4 Å². The van der Waals surface area contributed by atoms with Crippen LogP contribution in [0.25, 0.3) is 0 Å². The fourth-order valence-corrected chi connectivity index (χ4v) is 21.5. The molecule has 1 heterocycles. The van der Waals surface area contributed by atoms with Crippen LogP contribution in [0.2, 0.25) is 31.7 Å². The molecule has 1 aliphatic heterocycles. The first kappa shape index (κ1) is 20.0. The third kappa shape index (κ3) is 3.64. The first-order valence-corrected chi connectivity index (χ1v) is 17.6. The Morgan fingerprint density at radius 1 is 0.826 bits per heavy atom. The normalized spacial score (nSPS) is 42.0. The predicted molar refractivity (Wildman–Crippen MR) is 105 cm³/mol. The molecule has 8 heteroatoms. The highest BCUT2D eigenvalue weighted by Gasteiger charge is 2.74. The highest BCUT2D eigenvalue weighted by molar-refractivity contribution is 6.82. The Balaban J connectivity index is 2.32. The first-order valence-electron chi connectivity index (χ1n) is 8.89. The molecule has 0 aromatic rings. The molecule has 0 spiro atoms. The van der Waals surface area contributed by atoms with Gasteiger partial charge in [-0.1, -0.05) is 41.5 Å². The van der Waals surface area contributed by atoms with Crippen molar-refractivity contribution in [3.8, 4) is 0 Å². The summed E-state index contributed by atoms with van der Waals surface area (Å²) in [5.41, 5.74) is 1.27. The molecule has 2 fully saturated rings. The minimum Gasteiger partial charge on any atom is -0.420 e. The lowest BCUT2D eigenvalue weighted by Crippen LogP contribution is -2.55. The number of rotatable bonds is 1. The van der Waals surface area contributed by atoms with Crippen LogP contribution < -0.4 is 0 Å². The zero-order valence-electron chi connectivity index (χ0n) is 16.6. The summed E-state index contributed by atoms with van der Waals surface area (Å²) in [5, 5.41) is 0. The van der Waals surface area contributed by atoms with Gasteiger partial charge in [-0.3, -0.25) is 0 Å². The summed E-state index contributed by atoms with van der Waals surface area (Å²) in [6, 6.07) is 0. The van der Waals surface area contributed by atoms with Crippen LogP contribution in [0.1, 0.15) is 48.0 Å². The van der Waals surface area contributed by atoms with E-state index >= 15 is 0 Å². The van der Waals surface area contributed by atoms with Crippen LogP contribution >= 0.6 is 0 Å². The Morgan fingerprint density at radius 2 is 1.22 bits per heavy atom. The Labute approximate surface area is 149 Å². The minimum absolute atomic E-state index is 0.236. The van der Waals surface area contributed by atoms with Gasteiger partial charge in [0, 0.05) is 5.54 Å². The average molecular weight is 393 g/mol. The van der Waals surface area contributed by atoms with Crippen molar-refractivity contribution in [2.75, 3.05) is 0 Å². The van der Waals surface area contributed by atoms with Crippen LogP contribution in [0.3, 0.4) is 0 Å². The molecule has 4 nitrogen and oxygen atoms in total. The van der Waals surface area contributed by atoms with E-state index in [1.54, 1.807) is 0 Å². The summed E-state index contributed by atoms with van der Waals surface area (Å²) >= 11 is 0. The van der Waals surface area contributed by atoms with Crippen LogP contribution in [0.5, 0.6) is 0 Å². The Hall–Kier alpha value is 0.708. The number of hydrogen-bond acceptors (Lipinski definition) is 4. The zero-order valence-corrected chi connectivity index (χ0v) is 21.1. The van der Waals surface area contributed by atoms with Gasteiger partial charge in [-0.25, -0.2) is 0 Å². The van der Waals surface area contributed by atoms with Crippen molar-refractivity contribution in [3.05, 3.63) is 0 Å². The molecule has 0 amide bonds. The molecule has 2 aliphatic rings.